The maximum absolute atomic E-state index is 11.5. The third-order valence-corrected chi connectivity index (χ3v) is 3.19. The van der Waals surface area contributed by atoms with Crippen LogP contribution >= 0.6 is 8.03 Å². The molecule has 2 nitrogen and oxygen atoms in total. The first-order valence-electron chi connectivity index (χ1n) is 5.68. The molecule has 1 unspecified atom stereocenters. The molecule has 1 atom stereocenters. The predicted octanol–water partition coefficient (Wildman–Crippen LogP) is 4.62. The molecule has 0 radical (unpaired) electrons. The normalized spacial score (nSPS) is 14.1. The van der Waals surface area contributed by atoms with Gasteiger partial charge in [-0.05, 0) is 28.2 Å². The van der Waals surface area contributed by atoms with Crippen molar-refractivity contribution in [3.8, 4) is 0 Å². The Morgan fingerprint density at radius 2 is 1.40 bits per heavy atom. The zero-order valence-corrected chi connectivity index (χ0v) is 12.0. The highest BCUT2D eigenvalue weighted by Gasteiger charge is 2.23. The molecule has 15 heavy (non-hydrogen) atoms. The summed E-state index contributed by atoms with van der Waals surface area (Å²) in [7, 11) is -1.45. The van der Waals surface area contributed by atoms with Crippen LogP contribution < -0.4 is 0 Å². The number of rotatable bonds is 5. The second-order valence-electron chi connectivity index (χ2n) is 6.51. The van der Waals surface area contributed by atoms with Gasteiger partial charge in [0.05, 0.1) is 0 Å². The molecule has 0 aliphatic heterocycles. The van der Waals surface area contributed by atoms with Crippen LogP contribution in [0.15, 0.2) is 0 Å². The Kier molecular flexibility index (Phi) is 5.98. The Labute approximate surface area is 95.7 Å². The fraction of sp³-hybridized carbons (Fsp3) is 1.00. The molecular formula is C12H26O2P+. The van der Waals surface area contributed by atoms with Crippen LogP contribution in [0.5, 0.6) is 0 Å². The van der Waals surface area contributed by atoms with Gasteiger partial charge >= 0.3 is 8.03 Å². The highest BCUT2D eigenvalue weighted by molar-refractivity contribution is 7.39. The van der Waals surface area contributed by atoms with Gasteiger partial charge in [0.1, 0.15) is 6.61 Å². The van der Waals surface area contributed by atoms with Crippen molar-refractivity contribution in [3.63, 3.8) is 0 Å². The van der Waals surface area contributed by atoms with Crippen LogP contribution in [0.1, 0.15) is 54.4 Å². The lowest BCUT2D eigenvalue weighted by Crippen LogP contribution is -2.09. The lowest BCUT2D eigenvalue weighted by Gasteiger charge is -2.15. The summed E-state index contributed by atoms with van der Waals surface area (Å²) in [4.78, 5) is 0. The smallest absolute Gasteiger partial charge is 0.146 e. The van der Waals surface area contributed by atoms with Gasteiger partial charge in [-0.3, -0.25) is 0 Å². The second-order valence-corrected chi connectivity index (χ2v) is 7.88. The Hall–Kier alpha value is 0.0600. The van der Waals surface area contributed by atoms with Gasteiger partial charge in [-0.2, -0.15) is 0 Å². The molecule has 0 N–H and O–H groups in total. The van der Waals surface area contributed by atoms with E-state index in [4.69, 9.17) is 4.52 Å². The average Bonchev–Trinajstić information content (AvgIpc) is 1.97. The zero-order chi connectivity index (χ0) is 12.1. The molecule has 0 rings (SSSR count). The average molecular weight is 233 g/mol. The lowest BCUT2D eigenvalue weighted by atomic mass is 9.93. The van der Waals surface area contributed by atoms with E-state index >= 15 is 0 Å². The molecule has 0 saturated heterocycles. The van der Waals surface area contributed by atoms with Gasteiger partial charge in [0.25, 0.3) is 0 Å². The summed E-state index contributed by atoms with van der Waals surface area (Å²) in [6.45, 7) is 13.6. The molecular weight excluding hydrogens is 207 g/mol. The number of hydrogen-bond acceptors (Lipinski definition) is 2. The summed E-state index contributed by atoms with van der Waals surface area (Å²) < 4.78 is 16.8. The minimum absolute atomic E-state index is 0.248. The molecule has 0 aromatic rings. The molecule has 0 saturated carbocycles. The summed E-state index contributed by atoms with van der Waals surface area (Å²) in [5.41, 5.74) is 0.512. The summed E-state index contributed by atoms with van der Waals surface area (Å²) in [5.74, 6) is 0. The monoisotopic (exact) mass is 233 g/mol. The maximum atomic E-state index is 11.5. The van der Waals surface area contributed by atoms with E-state index < -0.39 is 8.03 Å². The molecule has 0 heterocycles. The summed E-state index contributed by atoms with van der Waals surface area (Å²) in [5, 5.41) is 0. The summed E-state index contributed by atoms with van der Waals surface area (Å²) in [6, 6.07) is 0. The van der Waals surface area contributed by atoms with Gasteiger partial charge in [-0.25, -0.2) is 0 Å². The van der Waals surface area contributed by atoms with Gasteiger partial charge in [0, 0.05) is 0 Å². The highest BCUT2D eigenvalue weighted by atomic mass is 31.1. The first kappa shape index (κ1) is 15.1. The van der Waals surface area contributed by atoms with E-state index in [2.05, 4.69) is 41.5 Å². The van der Waals surface area contributed by atoms with Gasteiger partial charge in [0.2, 0.25) is 0 Å². The van der Waals surface area contributed by atoms with Crippen molar-refractivity contribution in [1.82, 2.24) is 0 Å². The Morgan fingerprint density at radius 3 is 1.80 bits per heavy atom. The number of hydrogen-bond donors (Lipinski definition) is 0. The van der Waals surface area contributed by atoms with Crippen molar-refractivity contribution in [3.05, 3.63) is 0 Å². The van der Waals surface area contributed by atoms with Crippen LogP contribution in [0.25, 0.3) is 0 Å². The predicted molar refractivity (Wildman–Crippen MR) is 66.6 cm³/mol. The first-order chi connectivity index (χ1) is 6.60. The van der Waals surface area contributed by atoms with Gasteiger partial charge < -0.3 is 0 Å². The Balaban J connectivity index is 3.60. The fourth-order valence-electron chi connectivity index (χ4n) is 0.945. The molecule has 0 amide bonds. The van der Waals surface area contributed by atoms with Crippen molar-refractivity contribution >= 4 is 8.03 Å². The fourth-order valence-corrected chi connectivity index (χ4v) is 2.22. The van der Waals surface area contributed by atoms with Crippen LogP contribution in [0, 0.1) is 10.8 Å². The van der Waals surface area contributed by atoms with Crippen molar-refractivity contribution in [2.45, 2.75) is 54.4 Å². The Morgan fingerprint density at radius 1 is 0.933 bits per heavy atom. The van der Waals surface area contributed by atoms with Crippen molar-refractivity contribution in [1.29, 1.82) is 0 Å². The topological polar surface area (TPSA) is 26.3 Å². The standard InChI is InChI=1S/C12H26O2P/c1-11(2,3)7-9-14-15(13)10-8-12(4,5)6/h7-10H2,1-6H3/q+1. The largest absolute Gasteiger partial charge is 0.508 e. The third-order valence-electron chi connectivity index (χ3n) is 2.13. The SMILES string of the molecule is CC(C)(C)CCO[P+](=O)CCC(C)(C)C. The molecule has 0 aliphatic carbocycles. The van der Waals surface area contributed by atoms with Crippen molar-refractivity contribution in [2.75, 3.05) is 12.8 Å². The maximum Gasteiger partial charge on any atom is 0.508 e. The highest BCUT2D eigenvalue weighted by Crippen LogP contribution is 2.31. The van der Waals surface area contributed by atoms with Crippen LogP contribution in [0.4, 0.5) is 0 Å². The molecule has 0 aromatic carbocycles. The van der Waals surface area contributed by atoms with E-state index in [1.54, 1.807) is 0 Å². The second kappa shape index (κ2) is 5.96. The summed E-state index contributed by atoms with van der Waals surface area (Å²) in [6.07, 6.45) is 2.60. The minimum Gasteiger partial charge on any atom is -0.146 e. The summed E-state index contributed by atoms with van der Waals surface area (Å²) >= 11 is 0. The molecule has 0 aromatic heterocycles. The molecule has 3 heteroatoms. The third kappa shape index (κ3) is 12.0. The lowest BCUT2D eigenvalue weighted by molar-refractivity contribution is 0.250. The first-order valence-corrected chi connectivity index (χ1v) is 7.04. The molecule has 0 fully saturated rings. The van der Waals surface area contributed by atoms with E-state index in [1.807, 2.05) is 0 Å². The van der Waals surface area contributed by atoms with E-state index in [9.17, 15) is 4.57 Å². The van der Waals surface area contributed by atoms with Gasteiger partial charge in [0.15, 0.2) is 6.16 Å². The van der Waals surface area contributed by atoms with Crippen LogP contribution in [-0.4, -0.2) is 12.8 Å². The molecule has 90 valence electrons. The van der Waals surface area contributed by atoms with E-state index in [0.717, 1.165) is 12.8 Å². The molecule has 0 bridgehead atoms. The molecule has 0 spiro atoms. The van der Waals surface area contributed by atoms with Gasteiger partial charge in [-0.1, -0.05) is 41.5 Å². The van der Waals surface area contributed by atoms with E-state index in [0.29, 0.717) is 12.8 Å². The minimum atomic E-state index is -1.45. The van der Waals surface area contributed by atoms with Crippen LogP contribution in [0.3, 0.4) is 0 Å². The van der Waals surface area contributed by atoms with Crippen LogP contribution in [0.2, 0.25) is 0 Å². The van der Waals surface area contributed by atoms with Crippen molar-refractivity contribution in [2.24, 2.45) is 10.8 Å². The zero-order valence-electron chi connectivity index (χ0n) is 11.1. The quantitative estimate of drug-likeness (QED) is 0.648. The van der Waals surface area contributed by atoms with E-state index in [1.165, 1.54) is 0 Å². The molecule has 0 aliphatic rings. The van der Waals surface area contributed by atoms with Crippen molar-refractivity contribution < 1.29 is 9.09 Å². The van der Waals surface area contributed by atoms with Crippen LogP contribution in [-0.2, 0) is 9.09 Å². The van der Waals surface area contributed by atoms with Gasteiger partial charge in [-0.15, -0.1) is 4.52 Å². The van der Waals surface area contributed by atoms with E-state index in [-0.39, 0.29) is 10.8 Å². The Bertz CT molecular complexity index is 199.